The molecule has 5 nitrogen and oxygen atoms in total. The molecule has 138 valence electrons. The van der Waals surface area contributed by atoms with Gasteiger partial charge >= 0.3 is 0 Å². The van der Waals surface area contributed by atoms with Crippen molar-refractivity contribution in [1.82, 2.24) is 14.7 Å². The molecular weight excluding hydrogens is 319 g/mol. The van der Waals surface area contributed by atoms with Crippen molar-refractivity contribution >= 4 is 11.6 Å². The minimum atomic E-state index is -0.187. The number of halogens is 1. The maximum atomic E-state index is 13.9. The molecular formula is C19H29FN4O. The van der Waals surface area contributed by atoms with E-state index in [2.05, 4.69) is 16.7 Å². The van der Waals surface area contributed by atoms with Gasteiger partial charge < -0.3 is 19.6 Å². The fourth-order valence-corrected chi connectivity index (χ4v) is 3.65. The largest absolute Gasteiger partial charge is 0.366 e. The highest BCUT2D eigenvalue weighted by Crippen LogP contribution is 2.20. The van der Waals surface area contributed by atoms with Gasteiger partial charge in [-0.1, -0.05) is 19.1 Å². The van der Waals surface area contributed by atoms with Crippen LogP contribution in [0.1, 0.15) is 13.3 Å². The van der Waals surface area contributed by atoms with E-state index in [4.69, 9.17) is 0 Å². The fraction of sp³-hybridized carbons (Fsp3) is 0.632. The predicted octanol–water partition coefficient (Wildman–Crippen LogP) is 1.50. The maximum absolute atomic E-state index is 13.9. The molecule has 0 radical (unpaired) electrons. The molecule has 0 saturated carbocycles. The van der Waals surface area contributed by atoms with Crippen LogP contribution in [-0.4, -0.2) is 86.1 Å². The minimum absolute atomic E-state index is 0.187. The van der Waals surface area contributed by atoms with Gasteiger partial charge in [0.15, 0.2) is 0 Å². The van der Waals surface area contributed by atoms with Crippen molar-refractivity contribution in [3.63, 3.8) is 0 Å². The number of hydrogen-bond donors (Lipinski definition) is 0. The van der Waals surface area contributed by atoms with Gasteiger partial charge in [0.05, 0.1) is 5.69 Å². The Morgan fingerprint density at radius 3 is 2.24 bits per heavy atom. The van der Waals surface area contributed by atoms with Crippen molar-refractivity contribution in [2.24, 2.45) is 0 Å². The number of likely N-dealkylation sites (N-methyl/N-ethyl adjacent to an activating group) is 1. The number of benzene rings is 1. The topological polar surface area (TPSA) is 30.0 Å². The van der Waals surface area contributed by atoms with Gasteiger partial charge in [0.25, 0.3) is 0 Å². The third-order valence-electron chi connectivity index (χ3n) is 5.38. The molecule has 2 aliphatic heterocycles. The molecule has 0 N–H and O–H groups in total. The first-order valence-corrected chi connectivity index (χ1v) is 9.39. The van der Waals surface area contributed by atoms with Crippen LogP contribution in [-0.2, 0) is 4.79 Å². The summed E-state index contributed by atoms with van der Waals surface area (Å²) >= 11 is 0. The molecule has 2 aliphatic rings. The summed E-state index contributed by atoms with van der Waals surface area (Å²) in [5.74, 6) is 0.0413. The van der Waals surface area contributed by atoms with Gasteiger partial charge in [-0.25, -0.2) is 4.39 Å². The first kappa shape index (κ1) is 18.1. The zero-order valence-electron chi connectivity index (χ0n) is 15.2. The molecule has 2 heterocycles. The number of hydrogen-bond acceptors (Lipinski definition) is 4. The summed E-state index contributed by atoms with van der Waals surface area (Å²) in [5.41, 5.74) is 0.642. The van der Waals surface area contributed by atoms with E-state index in [0.717, 1.165) is 39.3 Å². The Bertz CT molecular complexity index is 566. The first-order chi connectivity index (χ1) is 12.2. The highest BCUT2D eigenvalue weighted by molar-refractivity contribution is 5.76. The number of carbonyl (C=O) groups excluding carboxylic acids is 1. The van der Waals surface area contributed by atoms with Gasteiger partial charge in [-0.15, -0.1) is 0 Å². The van der Waals surface area contributed by atoms with Gasteiger partial charge in [-0.2, -0.15) is 0 Å². The molecule has 1 aromatic carbocycles. The summed E-state index contributed by atoms with van der Waals surface area (Å²) < 4.78 is 13.9. The first-order valence-electron chi connectivity index (χ1n) is 9.39. The molecule has 0 aromatic heterocycles. The normalized spacial score (nSPS) is 20.1. The SMILES string of the molecule is CCN1CCN(CCC(=O)N2CCN(c3ccccc3F)CC2)CC1. The summed E-state index contributed by atoms with van der Waals surface area (Å²) in [6.45, 7) is 11.2. The summed E-state index contributed by atoms with van der Waals surface area (Å²) in [6.07, 6.45) is 0.589. The van der Waals surface area contributed by atoms with Gasteiger partial charge in [0.2, 0.25) is 5.91 Å². The van der Waals surface area contributed by atoms with Crippen LogP contribution in [0.25, 0.3) is 0 Å². The number of nitrogens with zero attached hydrogens (tertiary/aromatic N) is 4. The van der Waals surface area contributed by atoms with Crippen LogP contribution in [0.5, 0.6) is 0 Å². The number of carbonyl (C=O) groups is 1. The molecule has 0 bridgehead atoms. The van der Waals surface area contributed by atoms with Crippen LogP contribution in [0.15, 0.2) is 24.3 Å². The monoisotopic (exact) mass is 348 g/mol. The van der Waals surface area contributed by atoms with E-state index in [1.165, 1.54) is 6.07 Å². The van der Waals surface area contributed by atoms with E-state index >= 15 is 0 Å². The minimum Gasteiger partial charge on any atom is -0.366 e. The summed E-state index contributed by atoms with van der Waals surface area (Å²) in [6, 6.07) is 6.86. The van der Waals surface area contributed by atoms with Crippen molar-refractivity contribution in [3.05, 3.63) is 30.1 Å². The van der Waals surface area contributed by atoms with Crippen LogP contribution in [0, 0.1) is 5.82 Å². The Morgan fingerprint density at radius 2 is 1.60 bits per heavy atom. The lowest BCUT2D eigenvalue weighted by Gasteiger charge is -2.37. The van der Waals surface area contributed by atoms with Gasteiger partial charge in [-0.3, -0.25) is 4.79 Å². The molecule has 25 heavy (non-hydrogen) atoms. The lowest BCUT2D eigenvalue weighted by atomic mass is 10.2. The second-order valence-corrected chi connectivity index (χ2v) is 6.85. The number of para-hydroxylation sites is 1. The molecule has 0 spiro atoms. The van der Waals surface area contributed by atoms with Crippen molar-refractivity contribution in [1.29, 1.82) is 0 Å². The van der Waals surface area contributed by atoms with Crippen LogP contribution >= 0.6 is 0 Å². The van der Waals surface area contributed by atoms with Crippen LogP contribution in [0.2, 0.25) is 0 Å². The fourth-order valence-electron chi connectivity index (χ4n) is 3.65. The van der Waals surface area contributed by atoms with E-state index in [1.54, 1.807) is 6.07 Å². The highest BCUT2D eigenvalue weighted by Gasteiger charge is 2.23. The van der Waals surface area contributed by atoms with Crippen LogP contribution in [0.3, 0.4) is 0 Å². The number of amides is 1. The smallest absolute Gasteiger partial charge is 0.223 e. The molecule has 1 aromatic rings. The van der Waals surface area contributed by atoms with Crippen LogP contribution in [0.4, 0.5) is 10.1 Å². The van der Waals surface area contributed by atoms with Gasteiger partial charge in [0.1, 0.15) is 5.82 Å². The molecule has 2 fully saturated rings. The molecule has 1 amide bonds. The number of anilines is 1. The Morgan fingerprint density at radius 1 is 0.960 bits per heavy atom. The van der Waals surface area contributed by atoms with Crippen molar-refractivity contribution in [2.75, 3.05) is 70.3 Å². The van der Waals surface area contributed by atoms with E-state index in [0.29, 0.717) is 38.3 Å². The van der Waals surface area contributed by atoms with E-state index < -0.39 is 0 Å². The lowest BCUT2D eigenvalue weighted by molar-refractivity contribution is -0.131. The lowest BCUT2D eigenvalue weighted by Crippen LogP contribution is -2.50. The van der Waals surface area contributed by atoms with Crippen LogP contribution < -0.4 is 4.90 Å². The average molecular weight is 348 g/mol. The number of rotatable bonds is 5. The van der Waals surface area contributed by atoms with Crippen molar-refractivity contribution in [3.8, 4) is 0 Å². The second-order valence-electron chi connectivity index (χ2n) is 6.85. The Labute approximate surface area is 150 Å². The Hall–Kier alpha value is -1.66. The molecule has 0 unspecified atom stereocenters. The van der Waals surface area contributed by atoms with Crippen molar-refractivity contribution in [2.45, 2.75) is 13.3 Å². The molecule has 0 aliphatic carbocycles. The highest BCUT2D eigenvalue weighted by atomic mass is 19.1. The zero-order valence-corrected chi connectivity index (χ0v) is 15.2. The molecule has 6 heteroatoms. The Balaban J connectivity index is 1.41. The molecule has 2 saturated heterocycles. The standard InChI is InChI=1S/C19H29FN4O/c1-2-21-9-11-22(12-10-21)8-7-19(25)24-15-13-23(14-16-24)18-6-4-3-5-17(18)20/h3-6H,2,7-16H2,1H3. The molecule has 0 atom stereocenters. The average Bonchev–Trinajstić information content (AvgIpc) is 2.67. The summed E-state index contributed by atoms with van der Waals surface area (Å²) in [5, 5.41) is 0. The van der Waals surface area contributed by atoms with Crippen molar-refractivity contribution < 1.29 is 9.18 Å². The Kier molecular flexibility index (Phi) is 6.26. The van der Waals surface area contributed by atoms with Gasteiger partial charge in [0, 0.05) is 65.3 Å². The number of piperazine rings is 2. The quantitative estimate of drug-likeness (QED) is 0.807. The van der Waals surface area contributed by atoms with E-state index in [1.807, 2.05) is 21.9 Å². The second kappa shape index (κ2) is 8.63. The zero-order chi connectivity index (χ0) is 17.6. The molecule has 3 rings (SSSR count). The van der Waals surface area contributed by atoms with E-state index in [-0.39, 0.29) is 11.7 Å². The maximum Gasteiger partial charge on any atom is 0.223 e. The third kappa shape index (κ3) is 4.70. The summed E-state index contributed by atoms with van der Waals surface area (Å²) in [4.78, 5) is 21.3. The third-order valence-corrected chi connectivity index (χ3v) is 5.38. The van der Waals surface area contributed by atoms with Gasteiger partial charge in [-0.05, 0) is 18.7 Å². The predicted molar refractivity (Wildman–Crippen MR) is 98.4 cm³/mol. The van der Waals surface area contributed by atoms with E-state index in [9.17, 15) is 9.18 Å². The summed E-state index contributed by atoms with van der Waals surface area (Å²) in [7, 11) is 0.